The van der Waals surface area contributed by atoms with E-state index in [1.165, 1.54) is 7.11 Å². The van der Waals surface area contributed by atoms with Crippen LogP contribution in [0.15, 0.2) is 0 Å². The lowest BCUT2D eigenvalue weighted by molar-refractivity contribution is -0.144. The maximum Gasteiger partial charge on any atom is 0.322 e. The number of aliphatic hydroxyl groups is 1. The Balaban J connectivity index is 2.39. The van der Waals surface area contributed by atoms with Gasteiger partial charge in [0.15, 0.2) is 0 Å². The van der Waals surface area contributed by atoms with Gasteiger partial charge in [-0.25, -0.2) is 0 Å². The number of aliphatic hydroxyl groups excluding tert-OH is 1. The van der Waals surface area contributed by atoms with Gasteiger partial charge in [0.1, 0.15) is 6.04 Å². The number of methoxy groups -OCH3 is 1. The lowest BCUT2D eigenvalue weighted by Crippen LogP contribution is -2.41. The molecule has 1 atom stereocenters. The molecular weight excluding hydrogens is 170 g/mol. The summed E-state index contributed by atoms with van der Waals surface area (Å²) in [7, 11) is 1.35. The van der Waals surface area contributed by atoms with Crippen molar-refractivity contribution in [2.45, 2.75) is 37.8 Å². The number of carbonyl (C=O) groups is 1. The third-order valence-corrected chi connectivity index (χ3v) is 2.72. The lowest BCUT2D eigenvalue weighted by atomic mass is 9.83. The molecule has 0 spiro atoms. The zero-order valence-electron chi connectivity index (χ0n) is 7.90. The SMILES string of the molecule is COC(=O)C(N)C1CCC(O)CC1. The lowest BCUT2D eigenvalue weighted by Gasteiger charge is -2.28. The Bertz CT molecular complexity index is 176. The van der Waals surface area contributed by atoms with Gasteiger partial charge in [-0.2, -0.15) is 0 Å². The number of carbonyl (C=O) groups excluding carboxylic acids is 1. The van der Waals surface area contributed by atoms with Gasteiger partial charge in [0.05, 0.1) is 13.2 Å². The molecule has 3 N–H and O–H groups in total. The number of ether oxygens (including phenoxy) is 1. The minimum atomic E-state index is -0.516. The summed E-state index contributed by atoms with van der Waals surface area (Å²) in [5, 5.41) is 9.25. The first-order valence-corrected chi connectivity index (χ1v) is 4.66. The van der Waals surface area contributed by atoms with Gasteiger partial charge in [-0.1, -0.05) is 0 Å². The zero-order valence-corrected chi connectivity index (χ0v) is 7.90. The van der Waals surface area contributed by atoms with Crippen LogP contribution in [0.5, 0.6) is 0 Å². The summed E-state index contributed by atoms with van der Waals surface area (Å²) in [6.07, 6.45) is 2.92. The summed E-state index contributed by atoms with van der Waals surface area (Å²) < 4.78 is 4.57. The molecule has 0 heterocycles. The smallest absolute Gasteiger partial charge is 0.322 e. The van der Waals surface area contributed by atoms with Crippen LogP contribution in [0.1, 0.15) is 25.7 Å². The Morgan fingerprint density at radius 2 is 2.00 bits per heavy atom. The van der Waals surface area contributed by atoms with Crippen molar-refractivity contribution in [3.63, 3.8) is 0 Å². The van der Waals surface area contributed by atoms with Gasteiger partial charge in [-0.3, -0.25) is 4.79 Å². The van der Waals surface area contributed by atoms with Crippen LogP contribution < -0.4 is 5.73 Å². The van der Waals surface area contributed by atoms with E-state index in [-0.39, 0.29) is 18.0 Å². The molecule has 0 amide bonds. The molecule has 0 bridgehead atoms. The molecule has 1 aliphatic carbocycles. The Morgan fingerprint density at radius 3 is 2.46 bits per heavy atom. The minimum absolute atomic E-state index is 0.177. The second kappa shape index (κ2) is 4.58. The highest BCUT2D eigenvalue weighted by molar-refractivity contribution is 5.75. The van der Waals surface area contributed by atoms with E-state index in [1.54, 1.807) is 0 Å². The fourth-order valence-electron chi connectivity index (χ4n) is 1.79. The van der Waals surface area contributed by atoms with Crippen molar-refractivity contribution < 1.29 is 14.6 Å². The van der Waals surface area contributed by atoms with Gasteiger partial charge < -0.3 is 15.6 Å². The average Bonchev–Trinajstić information content (AvgIpc) is 2.17. The fraction of sp³-hybridized carbons (Fsp3) is 0.889. The standard InChI is InChI=1S/C9H17NO3/c1-13-9(12)8(10)6-2-4-7(11)5-3-6/h6-8,11H,2-5,10H2,1H3. The third-order valence-electron chi connectivity index (χ3n) is 2.72. The third kappa shape index (κ3) is 2.67. The first-order valence-electron chi connectivity index (χ1n) is 4.66. The van der Waals surface area contributed by atoms with Crippen LogP contribution in [0.2, 0.25) is 0 Å². The Hall–Kier alpha value is -0.610. The van der Waals surface area contributed by atoms with E-state index in [2.05, 4.69) is 4.74 Å². The number of esters is 1. The summed E-state index contributed by atoms with van der Waals surface area (Å²) in [6, 6.07) is -0.516. The second-order valence-corrected chi connectivity index (χ2v) is 3.62. The highest BCUT2D eigenvalue weighted by Gasteiger charge is 2.29. The van der Waals surface area contributed by atoms with E-state index in [9.17, 15) is 9.90 Å². The summed E-state index contributed by atoms with van der Waals surface area (Å²) in [5.74, 6) is -0.169. The number of rotatable bonds is 2. The molecule has 4 heteroatoms. The molecule has 1 rings (SSSR count). The second-order valence-electron chi connectivity index (χ2n) is 3.62. The zero-order chi connectivity index (χ0) is 9.84. The summed E-state index contributed by atoms with van der Waals surface area (Å²) in [4.78, 5) is 11.1. The Morgan fingerprint density at radius 1 is 1.46 bits per heavy atom. The first-order chi connectivity index (χ1) is 6.15. The van der Waals surface area contributed by atoms with Crippen LogP contribution in [-0.4, -0.2) is 30.3 Å². The van der Waals surface area contributed by atoms with Gasteiger partial charge >= 0.3 is 5.97 Å². The Labute approximate surface area is 78.1 Å². The Kier molecular flexibility index (Phi) is 3.69. The average molecular weight is 187 g/mol. The van der Waals surface area contributed by atoms with Crippen molar-refractivity contribution in [1.29, 1.82) is 0 Å². The van der Waals surface area contributed by atoms with Crippen LogP contribution in [-0.2, 0) is 9.53 Å². The highest BCUT2D eigenvalue weighted by Crippen LogP contribution is 2.26. The number of nitrogens with two attached hydrogens (primary N) is 1. The summed E-state index contributed by atoms with van der Waals surface area (Å²) in [6.45, 7) is 0. The van der Waals surface area contributed by atoms with Gasteiger partial charge in [-0.15, -0.1) is 0 Å². The first kappa shape index (κ1) is 10.5. The minimum Gasteiger partial charge on any atom is -0.468 e. The maximum absolute atomic E-state index is 11.1. The summed E-state index contributed by atoms with van der Waals surface area (Å²) >= 11 is 0. The van der Waals surface area contributed by atoms with E-state index in [4.69, 9.17) is 5.73 Å². The van der Waals surface area contributed by atoms with E-state index in [0.29, 0.717) is 0 Å². The molecule has 0 aromatic heterocycles. The monoisotopic (exact) mass is 187 g/mol. The molecule has 13 heavy (non-hydrogen) atoms. The molecule has 1 unspecified atom stereocenters. The normalized spacial score (nSPS) is 31.0. The van der Waals surface area contributed by atoms with Crippen LogP contribution >= 0.6 is 0 Å². The molecule has 0 aromatic rings. The maximum atomic E-state index is 11.1. The predicted molar refractivity (Wildman–Crippen MR) is 48.0 cm³/mol. The van der Waals surface area contributed by atoms with Crippen molar-refractivity contribution in [1.82, 2.24) is 0 Å². The van der Waals surface area contributed by atoms with Crippen LogP contribution in [0.3, 0.4) is 0 Å². The predicted octanol–water partition coefficient (Wildman–Crippen LogP) is 0.0378. The largest absolute Gasteiger partial charge is 0.468 e. The molecule has 0 aliphatic heterocycles. The molecule has 1 fully saturated rings. The molecule has 0 aromatic carbocycles. The molecule has 1 aliphatic rings. The van der Waals surface area contributed by atoms with Crippen molar-refractivity contribution in [3.8, 4) is 0 Å². The fourth-order valence-corrected chi connectivity index (χ4v) is 1.79. The molecule has 0 radical (unpaired) electrons. The van der Waals surface area contributed by atoms with Crippen LogP contribution in [0.4, 0.5) is 0 Å². The van der Waals surface area contributed by atoms with Gasteiger partial charge in [0.2, 0.25) is 0 Å². The summed E-state index contributed by atoms with van der Waals surface area (Å²) in [5.41, 5.74) is 5.69. The van der Waals surface area contributed by atoms with Gasteiger partial charge in [-0.05, 0) is 31.6 Å². The molecular formula is C9H17NO3. The van der Waals surface area contributed by atoms with Crippen molar-refractivity contribution >= 4 is 5.97 Å². The van der Waals surface area contributed by atoms with Crippen LogP contribution in [0, 0.1) is 5.92 Å². The van der Waals surface area contributed by atoms with Crippen molar-refractivity contribution in [2.24, 2.45) is 11.7 Å². The topological polar surface area (TPSA) is 72.5 Å². The van der Waals surface area contributed by atoms with E-state index >= 15 is 0 Å². The van der Waals surface area contributed by atoms with Crippen molar-refractivity contribution in [3.05, 3.63) is 0 Å². The van der Waals surface area contributed by atoms with E-state index < -0.39 is 6.04 Å². The van der Waals surface area contributed by atoms with E-state index in [0.717, 1.165) is 25.7 Å². The number of hydrogen-bond donors (Lipinski definition) is 2. The molecule has 0 saturated heterocycles. The molecule has 76 valence electrons. The van der Waals surface area contributed by atoms with Crippen molar-refractivity contribution in [2.75, 3.05) is 7.11 Å². The quantitative estimate of drug-likeness (QED) is 0.598. The van der Waals surface area contributed by atoms with Crippen LogP contribution in [0.25, 0.3) is 0 Å². The molecule has 4 nitrogen and oxygen atoms in total. The highest BCUT2D eigenvalue weighted by atomic mass is 16.5. The van der Waals surface area contributed by atoms with Gasteiger partial charge in [0.25, 0.3) is 0 Å². The van der Waals surface area contributed by atoms with E-state index in [1.807, 2.05) is 0 Å². The number of hydrogen-bond acceptors (Lipinski definition) is 4. The molecule has 1 saturated carbocycles. The van der Waals surface area contributed by atoms with Gasteiger partial charge in [0, 0.05) is 0 Å².